The average Bonchev–Trinajstić information content (AvgIpc) is 2.28. The second-order valence-corrected chi connectivity index (χ2v) is 3.79. The van der Waals surface area contributed by atoms with Crippen molar-refractivity contribution in [2.24, 2.45) is 0 Å². The first kappa shape index (κ1) is 11.1. The molecule has 1 aliphatic rings. The van der Waals surface area contributed by atoms with Gasteiger partial charge in [0, 0.05) is 19.2 Å². The third-order valence-electron chi connectivity index (χ3n) is 2.64. The smallest absolute Gasteiger partial charge is 0.169 e. The topological polar surface area (TPSA) is 48.4 Å². The molecule has 2 unspecified atom stereocenters. The Kier molecular flexibility index (Phi) is 3.19. The van der Waals surface area contributed by atoms with E-state index in [2.05, 4.69) is 4.98 Å². The van der Waals surface area contributed by atoms with Crippen molar-refractivity contribution in [3.63, 3.8) is 0 Å². The van der Waals surface area contributed by atoms with E-state index in [-0.39, 0.29) is 11.9 Å². The Morgan fingerprint density at radius 3 is 3.00 bits per heavy atom. The highest BCUT2D eigenvalue weighted by molar-refractivity contribution is 5.90. The molecule has 0 spiro atoms. The molecule has 4 heteroatoms. The Morgan fingerprint density at radius 1 is 1.56 bits per heavy atom. The van der Waals surface area contributed by atoms with Gasteiger partial charge in [-0.25, -0.2) is 0 Å². The molecule has 0 aromatic carbocycles. The molecule has 1 fully saturated rings. The second-order valence-electron chi connectivity index (χ2n) is 3.79. The third-order valence-corrected chi connectivity index (χ3v) is 2.64. The van der Waals surface area contributed by atoms with Crippen LogP contribution in [0.5, 0.6) is 5.75 Å². The molecule has 1 saturated carbocycles. The van der Waals surface area contributed by atoms with Crippen molar-refractivity contribution in [2.45, 2.75) is 32.5 Å². The minimum atomic E-state index is -0.399. The summed E-state index contributed by atoms with van der Waals surface area (Å²) in [6, 6.07) is 3.67. The fourth-order valence-electron chi connectivity index (χ4n) is 1.71. The number of aryl methyl sites for hydroxylation is 1. The van der Waals surface area contributed by atoms with E-state index in [1.54, 1.807) is 6.20 Å². The van der Waals surface area contributed by atoms with Crippen molar-refractivity contribution >= 4 is 5.78 Å². The molecule has 0 amide bonds. The lowest BCUT2D eigenvalue weighted by Crippen LogP contribution is -2.52. The van der Waals surface area contributed by atoms with E-state index in [0.717, 1.165) is 11.4 Å². The fourth-order valence-corrected chi connectivity index (χ4v) is 1.71. The van der Waals surface area contributed by atoms with Gasteiger partial charge in [-0.1, -0.05) is 0 Å². The number of ether oxygens (including phenoxy) is 2. The monoisotopic (exact) mass is 221 g/mol. The van der Waals surface area contributed by atoms with Crippen LogP contribution >= 0.6 is 0 Å². The highest BCUT2D eigenvalue weighted by Crippen LogP contribution is 2.26. The maximum atomic E-state index is 11.3. The average molecular weight is 221 g/mol. The highest BCUT2D eigenvalue weighted by atomic mass is 16.5. The summed E-state index contributed by atoms with van der Waals surface area (Å²) in [4.78, 5) is 15.4. The molecule has 2 rings (SSSR count). The molecule has 4 nitrogen and oxygen atoms in total. The van der Waals surface area contributed by atoms with Crippen LogP contribution in [-0.4, -0.2) is 29.6 Å². The molecular formula is C12H15NO3. The molecule has 1 heterocycles. The second kappa shape index (κ2) is 4.61. The Labute approximate surface area is 94.6 Å². The van der Waals surface area contributed by atoms with Crippen molar-refractivity contribution in [3.8, 4) is 5.75 Å². The first-order chi connectivity index (χ1) is 7.72. The summed E-state index contributed by atoms with van der Waals surface area (Å²) in [5.74, 6) is 0.845. The van der Waals surface area contributed by atoms with Crippen molar-refractivity contribution in [1.82, 2.24) is 4.98 Å². The van der Waals surface area contributed by atoms with Crippen LogP contribution in [0.1, 0.15) is 19.0 Å². The third kappa shape index (κ3) is 2.07. The summed E-state index contributed by atoms with van der Waals surface area (Å²) in [6.07, 6.45) is 1.59. The Morgan fingerprint density at radius 2 is 2.38 bits per heavy atom. The van der Waals surface area contributed by atoms with Crippen molar-refractivity contribution in [2.75, 3.05) is 6.61 Å². The standard InChI is InChI=1S/C12H15NO3/c1-3-15-12-9(14)7-11(12)16-10-5-4-6-13-8(10)2/h4-6,11-12H,3,7H2,1-2H3. The molecule has 0 bridgehead atoms. The van der Waals surface area contributed by atoms with Crippen LogP contribution in [0.4, 0.5) is 0 Å². The maximum Gasteiger partial charge on any atom is 0.169 e. The van der Waals surface area contributed by atoms with Gasteiger partial charge in [0.1, 0.15) is 11.9 Å². The minimum Gasteiger partial charge on any atom is -0.485 e. The van der Waals surface area contributed by atoms with Crippen LogP contribution < -0.4 is 4.74 Å². The van der Waals surface area contributed by atoms with Gasteiger partial charge in [-0.05, 0) is 26.0 Å². The zero-order valence-corrected chi connectivity index (χ0v) is 9.47. The number of rotatable bonds is 4. The molecule has 1 aromatic rings. The van der Waals surface area contributed by atoms with Gasteiger partial charge in [0.05, 0.1) is 5.69 Å². The van der Waals surface area contributed by atoms with Gasteiger partial charge in [-0.2, -0.15) is 0 Å². The number of carbonyl (C=O) groups is 1. The van der Waals surface area contributed by atoms with E-state index in [1.807, 2.05) is 26.0 Å². The zero-order chi connectivity index (χ0) is 11.5. The van der Waals surface area contributed by atoms with Gasteiger partial charge < -0.3 is 9.47 Å². The number of ketones is 1. The summed E-state index contributed by atoms with van der Waals surface area (Å²) in [7, 11) is 0. The quantitative estimate of drug-likeness (QED) is 0.773. The van der Waals surface area contributed by atoms with E-state index in [0.29, 0.717) is 13.0 Å². The van der Waals surface area contributed by atoms with Gasteiger partial charge in [0.25, 0.3) is 0 Å². The van der Waals surface area contributed by atoms with E-state index in [4.69, 9.17) is 9.47 Å². The molecule has 0 saturated heterocycles. The van der Waals surface area contributed by atoms with Gasteiger partial charge in [0.15, 0.2) is 11.9 Å². The Hall–Kier alpha value is -1.42. The first-order valence-electron chi connectivity index (χ1n) is 5.45. The summed E-state index contributed by atoms with van der Waals surface area (Å²) < 4.78 is 11.0. The molecule has 1 aromatic heterocycles. The normalized spacial score (nSPS) is 24.0. The zero-order valence-electron chi connectivity index (χ0n) is 9.47. The molecule has 0 aliphatic heterocycles. The number of nitrogens with zero attached hydrogens (tertiary/aromatic N) is 1. The molecule has 86 valence electrons. The van der Waals surface area contributed by atoms with Crippen LogP contribution in [0.15, 0.2) is 18.3 Å². The lowest BCUT2D eigenvalue weighted by atomic mass is 9.90. The predicted octanol–water partition coefficient (Wildman–Crippen LogP) is 1.52. The molecule has 1 aliphatic carbocycles. The molecule has 16 heavy (non-hydrogen) atoms. The lowest BCUT2D eigenvalue weighted by molar-refractivity contribution is -0.154. The Balaban J connectivity index is 2.01. The van der Waals surface area contributed by atoms with Gasteiger partial charge in [-0.3, -0.25) is 9.78 Å². The van der Waals surface area contributed by atoms with Gasteiger partial charge in [-0.15, -0.1) is 0 Å². The number of carbonyl (C=O) groups excluding carboxylic acids is 1. The fraction of sp³-hybridized carbons (Fsp3) is 0.500. The molecule has 0 N–H and O–H groups in total. The number of hydrogen-bond donors (Lipinski definition) is 0. The maximum absolute atomic E-state index is 11.3. The summed E-state index contributed by atoms with van der Waals surface area (Å²) >= 11 is 0. The summed E-state index contributed by atoms with van der Waals surface area (Å²) in [5, 5.41) is 0. The summed E-state index contributed by atoms with van der Waals surface area (Å²) in [6.45, 7) is 4.28. The van der Waals surface area contributed by atoms with Crippen LogP contribution in [0.25, 0.3) is 0 Å². The first-order valence-corrected chi connectivity index (χ1v) is 5.45. The van der Waals surface area contributed by atoms with Crippen molar-refractivity contribution < 1.29 is 14.3 Å². The number of hydrogen-bond acceptors (Lipinski definition) is 4. The lowest BCUT2D eigenvalue weighted by Gasteiger charge is -2.34. The largest absolute Gasteiger partial charge is 0.485 e. The number of Topliss-reactive ketones (excluding diaryl/α,β-unsaturated/α-hetero) is 1. The predicted molar refractivity (Wildman–Crippen MR) is 58.4 cm³/mol. The minimum absolute atomic E-state index is 0.119. The van der Waals surface area contributed by atoms with Gasteiger partial charge >= 0.3 is 0 Å². The van der Waals surface area contributed by atoms with Crippen LogP contribution in [-0.2, 0) is 9.53 Å². The van der Waals surface area contributed by atoms with Crippen LogP contribution in [0.3, 0.4) is 0 Å². The van der Waals surface area contributed by atoms with E-state index in [1.165, 1.54) is 0 Å². The van der Waals surface area contributed by atoms with Crippen molar-refractivity contribution in [1.29, 1.82) is 0 Å². The number of aromatic nitrogens is 1. The van der Waals surface area contributed by atoms with E-state index in [9.17, 15) is 4.79 Å². The van der Waals surface area contributed by atoms with E-state index >= 15 is 0 Å². The molecule has 2 atom stereocenters. The number of pyridine rings is 1. The Bertz CT molecular complexity index is 392. The van der Waals surface area contributed by atoms with Crippen molar-refractivity contribution in [3.05, 3.63) is 24.0 Å². The van der Waals surface area contributed by atoms with Crippen LogP contribution in [0.2, 0.25) is 0 Å². The SMILES string of the molecule is CCOC1C(=O)CC1Oc1cccnc1C. The van der Waals surface area contributed by atoms with Crippen LogP contribution in [0, 0.1) is 6.92 Å². The van der Waals surface area contributed by atoms with E-state index < -0.39 is 6.10 Å². The highest BCUT2D eigenvalue weighted by Gasteiger charge is 2.42. The molecular weight excluding hydrogens is 206 g/mol. The summed E-state index contributed by atoms with van der Waals surface area (Å²) in [5.41, 5.74) is 0.831. The molecule has 0 radical (unpaired) electrons. The van der Waals surface area contributed by atoms with Gasteiger partial charge in [0.2, 0.25) is 0 Å².